The summed E-state index contributed by atoms with van der Waals surface area (Å²) in [5, 5.41) is 0. The number of hydrogen-bond donors (Lipinski definition) is 0. The third kappa shape index (κ3) is 3.85. The lowest BCUT2D eigenvalue weighted by molar-refractivity contribution is -0.153. The van der Waals surface area contributed by atoms with Crippen LogP contribution in [0.15, 0.2) is 21.5 Å². The van der Waals surface area contributed by atoms with E-state index >= 15 is 0 Å². The molecule has 1 aliphatic rings. The van der Waals surface area contributed by atoms with Crippen LogP contribution in [-0.2, 0) is 9.53 Å². The molecule has 0 radical (unpaired) electrons. The van der Waals surface area contributed by atoms with E-state index < -0.39 is 5.97 Å². The first kappa shape index (κ1) is 14.6. The maximum absolute atomic E-state index is 11.7. The molecule has 1 fully saturated rings. The summed E-state index contributed by atoms with van der Waals surface area (Å²) >= 11 is 0. The van der Waals surface area contributed by atoms with E-state index in [9.17, 15) is 9.59 Å². The minimum atomic E-state index is -0.438. The number of ether oxygens (including phenoxy) is 2. The molecule has 1 aliphatic carbocycles. The molecule has 0 atom stereocenters. The van der Waals surface area contributed by atoms with Crippen molar-refractivity contribution >= 4 is 5.97 Å². The molecule has 0 saturated heterocycles. The van der Waals surface area contributed by atoms with Crippen LogP contribution >= 0.6 is 0 Å². The Kier molecular flexibility index (Phi) is 4.82. The Balaban J connectivity index is 1.82. The number of hydrogen-bond acceptors (Lipinski definition) is 5. The Hall–Kier alpha value is -1.78. The first-order valence-corrected chi connectivity index (χ1v) is 6.97. The Bertz CT molecular complexity index is 511. The second-order valence-electron chi connectivity index (χ2n) is 5.33. The predicted molar refractivity (Wildman–Crippen MR) is 72.7 cm³/mol. The Labute approximate surface area is 117 Å². The summed E-state index contributed by atoms with van der Waals surface area (Å²) in [6, 6.07) is 1.26. The van der Waals surface area contributed by atoms with Gasteiger partial charge in [0.15, 0.2) is 6.61 Å². The van der Waals surface area contributed by atoms with E-state index in [0.717, 1.165) is 25.7 Å². The van der Waals surface area contributed by atoms with Gasteiger partial charge in [-0.25, -0.2) is 4.79 Å². The average molecular weight is 280 g/mol. The third-order valence-electron chi connectivity index (χ3n) is 3.60. The molecule has 0 N–H and O–H groups in total. The van der Waals surface area contributed by atoms with Crippen molar-refractivity contribution in [2.45, 2.75) is 45.6 Å². The van der Waals surface area contributed by atoms with E-state index in [4.69, 9.17) is 13.9 Å². The molecule has 0 amide bonds. The number of carbonyl (C=O) groups is 1. The van der Waals surface area contributed by atoms with Crippen LogP contribution in [0.2, 0.25) is 0 Å². The molecule has 0 aliphatic heterocycles. The second-order valence-corrected chi connectivity index (χ2v) is 5.33. The van der Waals surface area contributed by atoms with Crippen molar-refractivity contribution in [3.8, 4) is 5.75 Å². The minimum absolute atomic E-state index is 0.0180. The molecule has 0 bridgehead atoms. The molecule has 1 saturated carbocycles. The first-order valence-electron chi connectivity index (χ1n) is 6.97. The van der Waals surface area contributed by atoms with E-state index in [-0.39, 0.29) is 23.9 Å². The van der Waals surface area contributed by atoms with Gasteiger partial charge in [0.25, 0.3) is 0 Å². The molecule has 2 rings (SSSR count). The molecule has 1 aromatic heterocycles. The van der Waals surface area contributed by atoms with Crippen molar-refractivity contribution in [1.82, 2.24) is 0 Å². The lowest BCUT2D eigenvalue weighted by Crippen LogP contribution is -2.27. The highest BCUT2D eigenvalue weighted by molar-refractivity contribution is 5.71. The minimum Gasteiger partial charge on any atom is -0.475 e. The van der Waals surface area contributed by atoms with E-state index in [1.165, 1.54) is 12.3 Å². The van der Waals surface area contributed by atoms with E-state index in [1.807, 2.05) is 0 Å². The quantitative estimate of drug-likeness (QED) is 0.793. The highest BCUT2D eigenvalue weighted by Crippen LogP contribution is 2.25. The van der Waals surface area contributed by atoms with Gasteiger partial charge in [-0.1, -0.05) is 6.92 Å². The molecule has 1 heterocycles. The van der Waals surface area contributed by atoms with Gasteiger partial charge in [0.1, 0.15) is 11.9 Å². The molecule has 5 nitrogen and oxygen atoms in total. The summed E-state index contributed by atoms with van der Waals surface area (Å²) in [6.45, 7) is 3.56. The molecule has 20 heavy (non-hydrogen) atoms. The lowest BCUT2D eigenvalue weighted by atomic mass is 9.89. The average Bonchev–Trinajstić information content (AvgIpc) is 2.41. The van der Waals surface area contributed by atoms with Crippen LogP contribution in [0.1, 0.15) is 38.4 Å². The normalized spacial score (nSPS) is 22.3. The summed E-state index contributed by atoms with van der Waals surface area (Å²) < 4.78 is 15.6. The first-order chi connectivity index (χ1) is 9.56. The van der Waals surface area contributed by atoms with Crippen LogP contribution < -0.4 is 10.2 Å². The van der Waals surface area contributed by atoms with Crippen LogP contribution in [-0.4, -0.2) is 18.7 Å². The summed E-state index contributed by atoms with van der Waals surface area (Å²) in [5.74, 6) is 0.698. The van der Waals surface area contributed by atoms with Gasteiger partial charge in [0.2, 0.25) is 11.2 Å². The van der Waals surface area contributed by atoms with Crippen LogP contribution in [0.5, 0.6) is 5.75 Å². The molecular weight excluding hydrogens is 260 g/mol. The van der Waals surface area contributed by atoms with Crippen molar-refractivity contribution in [2.24, 2.45) is 5.92 Å². The SMILES string of the molecule is Cc1occc(=O)c1OCC(=O)OC1CCC(C)CC1. The number of esters is 1. The monoisotopic (exact) mass is 280 g/mol. The van der Waals surface area contributed by atoms with Gasteiger partial charge < -0.3 is 13.9 Å². The smallest absolute Gasteiger partial charge is 0.344 e. The van der Waals surface area contributed by atoms with Crippen LogP contribution in [0.25, 0.3) is 0 Å². The Morgan fingerprint density at radius 1 is 1.35 bits per heavy atom. The molecule has 0 unspecified atom stereocenters. The fraction of sp³-hybridized carbons (Fsp3) is 0.600. The molecule has 1 aromatic rings. The molecule has 110 valence electrons. The topological polar surface area (TPSA) is 65.7 Å². The second kappa shape index (κ2) is 6.59. The van der Waals surface area contributed by atoms with Gasteiger partial charge in [-0.2, -0.15) is 0 Å². The van der Waals surface area contributed by atoms with Gasteiger partial charge in [0.05, 0.1) is 6.26 Å². The standard InChI is InChI=1S/C15H20O5/c1-10-3-5-12(6-4-10)20-14(17)9-19-15-11(2)18-8-7-13(15)16/h7-8,10,12H,3-6,9H2,1-2H3. The van der Waals surface area contributed by atoms with Crippen LogP contribution in [0.4, 0.5) is 0 Å². The van der Waals surface area contributed by atoms with Crippen molar-refractivity contribution < 1.29 is 18.7 Å². The maximum atomic E-state index is 11.7. The summed E-state index contributed by atoms with van der Waals surface area (Å²) in [4.78, 5) is 23.3. The summed E-state index contributed by atoms with van der Waals surface area (Å²) in [5.41, 5.74) is -0.298. The van der Waals surface area contributed by atoms with Crippen LogP contribution in [0, 0.1) is 12.8 Å². The predicted octanol–water partition coefficient (Wildman–Crippen LogP) is 2.45. The van der Waals surface area contributed by atoms with Gasteiger partial charge in [-0.15, -0.1) is 0 Å². The fourth-order valence-corrected chi connectivity index (χ4v) is 2.37. The largest absolute Gasteiger partial charge is 0.475 e. The van der Waals surface area contributed by atoms with Gasteiger partial charge in [-0.3, -0.25) is 4.79 Å². The summed E-state index contributed by atoms with van der Waals surface area (Å²) in [7, 11) is 0. The highest BCUT2D eigenvalue weighted by Gasteiger charge is 2.22. The van der Waals surface area contributed by atoms with Gasteiger partial charge in [-0.05, 0) is 38.5 Å². The number of rotatable bonds is 4. The molecular formula is C15H20O5. The van der Waals surface area contributed by atoms with E-state index in [0.29, 0.717) is 11.7 Å². The fourth-order valence-electron chi connectivity index (χ4n) is 2.37. The summed E-state index contributed by atoms with van der Waals surface area (Å²) in [6.07, 6.45) is 5.25. The van der Waals surface area contributed by atoms with Crippen molar-refractivity contribution in [3.63, 3.8) is 0 Å². The third-order valence-corrected chi connectivity index (χ3v) is 3.60. The van der Waals surface area contributed by atoms with Crippen molar-refractivity contribution in [1.29, 1.82) is 0 Å². The number of carbonyl (C=O) groups excluding carboxylic acids is 1. The molecule has 5 heteroatoms. The van der Waals surface area contributed by atoms with E-state index in [2.05, 4.69) is 6.92 Å². The van der Waals surface area contributed by atoms with E-state index in [1.54, 1.807) is 6.92 Å². The zero-order valence-electron chi connectivity index (χ0n) is 11.9. The van der Waals surface area contributed by atoms with Crippen molar-refractivity contribution in [3.05, 3.63) is 28.3 Å². The van der Waals surface area contributed by atoms with Crippen molar-refractivity contribution in [2.75, 3.05) is 6.61 Å². The lowest BCUT2D eigenvalue weighted by Gasteiger charge is -2.25. The Morgan fingerprint density at radius 3 is 2.70 bits per heavy atom. The Morgan fingerprint density at radius 2 is 2.05 bits per heavy atom. The number of aryl methyl sites for hydroxylation is 1. The molecule has 0 spiro atoms. The maximum Gasteiger partial charge on any atom is 0.344 e. The zero-order chi connectivity index (χ0) is 14.5. The van der Waals surface area contributed by atoms with Gasteiger partial charge in [0, 0.05) is 6.07 Å². The zero-order valence-corrected chi connectivity index (χ0v) is 11.9. The molecule has 0 aromatic carbocycles. The van der Waals surface area contributed by atoms with Gasteiger partial charge >= 0.3 is 5.97 Å². The van der Waals surface area contributed by atoms with Crippen LogP contribution in [0.3, 0.4) is 0 Å². The highest BCUT2D eigenvalue weighted by atomic mass is 16.6.